The van der Waals surface area contributed by atoms with Gasteiger partial charge in [0.2, 0.25) is 0 Å². The van der Waals surface area contributed by atoms with E-state index in [0.717, 1.165) is 37.8 Å². The molecule has 0 bridgehead atoms. The van der Waals surface area contributed by atoms with E-state index in [4.69, 9.17) is 5.73 Å². The molecule has 2 aliphatic rings. The van der Waals surface area contributed by atoms with Gasteiger partial charge in [0.15, 0.2) is 0 Å². The Morgan fingerprint density at radius 3 is 2.57 bits per heavy atom. The molecule has 0 aliphatic heterocycles. The van der Waals surface area contributed by atoms with Crippen molar-refractivity contribution in [2.45, 2.75) is 43.8 Å². The van der Waals surface area contributed by atoms with Gasteiger partial charge in [0.1, 0.15) is 0 Å². The van der Waals surface area contributed by atoms with E-state index >= 15 is 0 Å². The van der Waals surface area contributed by atoms with Crippen molar-refractivity contribution in [3.63, 3.8) is 0 Å². The van der Waals surface area contributed by atoms with Crippen molar-refractivity contribution in [1.82, 2.24) is 15.1 Å². The van der Waals surface area contributed by atoms with Crippen molar-refractivity contribution < 1.29 is 18.0 Å². The molecule has 1 aromatic carbocycles. The summed E-state index contributed by atoms with van der Waals surface area (Å²) in [6, 6.07) is 4.95. The highest BCUT2D eigenvalue weighted by molar-refractivity contribution is 5.95. The number of alkyl halides is 3. The van der Waals surface area contributed by atoms with E-state index in [-0.39, 0.29) is 30.3 Å². The number of amides is 1. The molecule has 2 saturated carbocycles. The Hall–Kier alpha value is -2.06. The average molecular weight is 415 g/mol. The van der Waals surface area contributed by atoms with Crippen molar-refractivity contribution in [3.8, 4) is 5.69 Å². The summed E-state index contributed by atoms with van der Waals surface area (Å²) in [4.78, 5) is 12.8. The van der Waals surface area contributed by atoms with Gasteiger partial charge in [-0.3, -0.25) is 4.79 Å². The second-order valence-electron chi connectivity index (χ2n) is 7.33. The number of halogens is 4. The summed E-state index contributed by atoms with van der Waals surface area (Å²) < 4.78 is 40.6. The third-order valence-electron chi connectivity index (χ3n) is 5.19. The van der Waals surface area contributed by atoms with E-state index in [1.165, 1.54) is 16.9 Å². The van der Waals surface area contributed by atoms with Gasteiger partial charge in [-0.15, -0.1) is 12.4 Å². The van der Waals surface area contributed by atoms with Crippen molar-refractivity contribution >= 4 is 18.3 Å². The molecule has 0 spiro atoms. The third kappa shape index (κ3) is 4.17. The summed E-state index contributed by atoms with van der Waals surface area (Å²) in [5, 5.41) is 7.21. The Morgan fingerprint density at radius 1 is 1.29 bits per heavy atom. The van der Waals surface area contributed by atoms with Crippen LogP contribution in [0.5, 0.6) is 0 Å². The van der Waals surface area contributed by atoms with Gasteiger partial charge in [-0.2, -0.15) is 18.3 Å². The van der Waals surface area contributed by atoms with Crippen LogP contribution in [0.25, 0.3) is 5.69 Å². The Morgan fingerprint density at radius 2 is 2.00 bits per heavy atom. The number of carbonyl (C=O) groups is 1. The van der Waals surface area contributed by atoms with Gasteiger partial charge in [-0.05, 0) is 49.8 Å². The number of aromatic nitrogens is 2. The van der Waals surface area contributed by atoms with Crippen LogP contribution >= 0.6 is 12.4 Å². The van der Waals surface area contributed by atoms with Crippen LogP contribution in [-0.2, 0) is 6.18 Å². The van der Waals surface area contributed by atoms with Crippen molar-refractivity contribution in [3.05, 3.63) is 47.3 Å². The molecule has 9 heteroatoms. The van der Waals surface area contributed by atoms with Gasteiger partial charge in [-0.25, -0.2) is 4.68 Å². The summed E-state index contributed by atoms with van der Waals surface area (Å²) in [6.45, 7) is 0.372. The predicted octanol–water partition coefficient (Wildman–Crippen LogP) is 3.66. The Balaban J connectivity index is 0.00000225. The van der Waals surface area contributed by atoms with E-state index in [2.05, 4.69) is 10.4 Å². The van der Waals surface area contributed by atoms with E-state index in [0.29, 0.717) is 29.4 Å². The predicted molar refractivity (Wildman–Crippen MR) is 101 cm³/mol. The minimum atomic E-state index is -4.43. The second kappa shape index (κ2) is 7.75. The van der Waals surface area contributed by atoms with E-state index in [9.17, 15) is 18.0 Å². The highest BCUT2D eigenvalue weighted by atomic mass is 35.5. The lowest BCUT2D eigenvalue weighted by Crippen LogP contribution is -2.41. The number of benzene rings is 1. The maximum Gasteiger partial charge on any atom is 0.416 e. The van der Waals surface area contributed by atoms with Crippen molar-refractivity contribution in [1.29, 1.82) is 0 Å². The molecule has 2 aliphatic carbocycles. The lowest BCUT2D eigenvalue weighted by atomic mass is 10.1. The smallest absolute Gasteiger partial charge is 0.348 e. The molecule has 1 aromatic heterocycles. The minimum Gasteiger partial charge on any atom is -0.348 e. The van der Waals surface area contributed by atoms with E-state index in [1.54, 1.807) is 6.07 Å². The normalized spacial score (nSPS) is 17.7. The number of hydrogen-bond acceptors (Lipinski definition) is 3. The van der Waals surface area contributed by atoms with Crippen LogP contribution in [0, 0.1) is 5.92 Å². The van der Waals surface area contributed by atoms with Crippen LogP contribution in [0.15, 0.2) is 30.5 Å². The maximum absolute atomic E-state index is 13.0. The molecule has 152 valence electrons. The molecule has 1 unspecified atom stereocenters. The lowest BCUT2D eigenvalue weighted by Gasteiger charge is -2.16. The Labute approximate surface area is 166 Å². The molecule has 1 atom stereocenters. The first kappa shape index (κ1) is 20.7. The molecule has 2 aromatic rings. The fourth-order valence-corrected chi connectivity index (χ4v) is 3.42. The number of rotatable bonds is 6. The largest absolute Gasteiger partial charge is 0.416 e. The van der Waals surface area contributed by atoms with E-state index < -0.39 is 11.7 Å². The molecule has 3 N–H and O–H groups in total. The molecule has 0 saturated heterocycles. The second-order valence-corrected chi connectivity index (χ2v) is 7.33. The van der Waals surface area contributed by atoms with Gasteiger partial charge in [0.25, 0.3) is 5.91 Å². The maximum atomic E-state index is 13.0. The third-order valence-corrected chi connectivity index (χ3v) is 5.19. The number of nitrogens with zero attached hydrogens (tertiary/aromatic N) is 2. The highest BCUT2D eigenvalue weighted by Crippen LogP contribution is 2.43. The molecule has 28 heavy (non-hydrogen) atoms. The zero-order valence-electron chi connectivity index (χ0n) is 15.1. The molecule has 5 nitrogen and oxygen atoms in total. The lowest BCUT2D eigenvalue weighted by molar-refractivity contribution is -0.137. The first-order valence-electron chi connectivity index (χ1n) is 9.15. The van der Waals surface area contributed by atoms with E-state index in [1.807, 2.05) is 0 Å². The summed E-state index contributed by atoms with van der Waals surface area (Å²) in [7, 11) is 0. The molecule has 4 rings (SSSR count). The van der Waals surface area contributed by atoms with Gasteiger partial charge < -0.3 is 11.1 Å². The molecule has 1 amide bonds. The Bertz CT molecular complexity index is 859. The summed E-state index contributed by atoms with van der Waals surface area (Å²) in [5.41, 5.74) is 6.44. The number of nitrogens with two attached hydrogens (primary N) is 1. The minimum absolute atomic E-state index is 0. The molecule has 1 heterocycles. The van der Waals surface area contributed by atoms with Crippen LogP contribution in [-0.4, -0.2) is 28.3 Å². The average Bonchev–Trinajstić information content (AvgIpc) is 3.57. The summed E-state index contributed by atoms with van der Waals surface area (Å²) in [5.74, 6) is 0.305. The van der Waals surface area contributed by atoms with Gasteiger partial charge in [-0.1, -0.05) is 6.07 Å². The number of nitrogens with one attached hydrogen (secondary N) is 1. The summed E-state index contributed by atoms with van der Waals surface area (Å²) in [6.07, 6.45) is 0.926. The van der Waals surface area contributed by atoms with Crippen molar-refractivity contribution in [2.24, 2.45) is 11.7 Å². The summed E-state index contributed by atoms with van der Waals surface area (Å²) >= 11 is 0. The fraction of sp³-hybridized carbons (Fsp3) is 0.474. The fourth-order valence-electron chi connectivity index (χ4n) is 3.42. The molecular formula is C19H22ClF3N4O. The van der Waals surface area contributed by atoms with Crippen LogP contribution in [0.4, 0.5) is 13.2 Å². The zero-order valence-corrected chi connectivity index (χ0v) is 15.9. The standard InChI is InChI=1S/C19H21F3N4O.ClH/c20-19(21,22)13-2-1-3-14(8-13)26-17(12-6-7-12)15(10-24-26)18(27)25-16(9-23)11-4-5-11;/h1-3,8,10-12,16H,4-7,9,23H2,(H,25,27);1H. The zero-order chi connectivity index (χ0) is 19.2. The van der Waals surface area contributed by atoms with Gasteiger partial charge in [0, 0.05) is 18.5 Å². The monoisotopic (exact) mass is 414 g/mol. The molecular weight excluding hydrogens is 393 g/mol. The van der Waals surface area contributed by atoms with Crippen molar-refractivity contribution in [2.75, 3.05) is 6.54 Å². The molecule has 0 radical (unpaired) electrons. The van der Waals surface area contributed by atoms with Gasteiger partial charge in [0.05, 0.1) is 28.7 Å². The molecule has 2 fully saturated rings. The van der Waals surface area contributed by atoms with Gasteiger partial charge >= 0.3 is 6.18 Å². The quantitative estimate of drug-likeness (QED) is 0.757. The first-order valence-corrected chi connectivity index (χ1v) is 9.15. The highest BCUT2D eigenvalue weighted by Gasteiger charge is 2.36. The Kier molecular flexibility index (Phi) is 5.72. The van der Waals surface area contributed by atoms with Crippen LogP contribution in [0.1, 0.15) is 53.2 Å². The topological polar surface area (TPSA) is 72.9 Å². The SMILES string of the molecule is Cl.NCC(NC(=O)c1cnn(-c2cccc(C(F)(F)F)c2)c1C1CC1)C1CC1. The number of hydrogen-bond donors (Lipinski definition) is 2. The first-order chi connectivity index (χ1) is 12.9. The van der Waals surface area contributed by atoms with Crippen LogP contribution in [0.3, 0.4) is 0 Å². The van der Waals surface area contributed by atoms with Crippen LogP contribution in [0.2, 0.25) is 0 Å². The van der Waals surface area contributed by atoms with Crippen LogP contribution < -0.4 is 11.1 Å². The number of carbonyl (C=O) groups excluding carboxylic acids is 1.